The molecule has 1 rings (SSSR count). The van der Waals surface area contributed by atoms with Crippen LogP contribution in [0.2, 0.25) is 0 Å². The van der Waals surface area contributed by atoms with Crippen molar-refractivity contribution in [2.45, 2.75) is 46.0 Å². The lowest BCUT2D eigenvalue weighted by atomic mass is 9.86. The van der Waals surface area contributed by atoms with Gasteiger partial charge in [0.25, 0.3) is 0 Å². The van der Waals surface area contributed by atoms with Gasteiger partial charge in [0.15, 0.2) is 0 Å². The van der Waals surface area contributed by atoms with E-state index in [9.17, 15) is 0 Å². The van der Waals surface area contributed by atoms with Gasteiger partial charge in [0.1, 0.15) is 0 Å². The van der Waals surface area contributed by atoms with Crippen LogP contribution in [-0.2, 0) is 0 Å². The molecule has 1 unspecified atom stereocenters. The monoisotopic (exact) mass is 255 g/mol. The number of likely N-dealkylation sites (tertiary alicyclic amines) is 1. The minimum absolute atomic E-state index is 0.148. The van der Waals surface area contributed by atoms with Gasteiger partial charge in [0.2, 0.25) is 0 Å². The van der Waals surface area contributed by atoms with Crippen molar-refractivity contribution in [3.63, 3.8) is 0 Å². The van der Waals surface area contributed by atoms with Gasteiger partial charge in [0.05, 0.1) is 5.84 Å². The largest absolute Gasteiger partial charge is 0.396 e. The Kier molecular flexibility index (Phi) is 6.09. The van der Waals surface area contributed by atoms with Gasteiger partial charge in [-0.2, -0.15) is 0 Å². The third kappa shape index (κ3) is 4.94. The summed E-state index contributed by atoms with van der Waals surface area (Å²) in [5, 5.41) is 16.4. The maximum atomic E-state index is 8.92. The van der Waals surface area contributed by atoms with Crippen LogP contribution in [0.1, 0.15) is 46.0 Å². The standard InChI is InChI=1S/C14H29N3O/c1-14(2,13(15)16)7-3-4-8-17-9-5-12(11-17)6-10-18/h12,18H,3-11H2,1-2H3,(H3,15,16). The Morgan fingerprint density at radius 2 is 2.17 bits per heavy atom. The normalized spacial score (nSPS) is 21.4. The van der Waals surface area contributed by atoms with Gasteiger partial charge in [-0.05, 0) is 44.7 Å². The first kappa shape index (κ1) is 15.4. The summed E-state index contributed by atoms with van der Waals surface area (Å²) in [6, 6.07) is 0. The smallest absolute Gasteiger partial charge is 0.0963 e. The van der Waals surface area contributed by atoms with Crippen LogP contribution in [0.3, 0.4) is 0 Å². The van der Waals surface area contributed by atoms with Crippen molar-refractivity contribution in [1.29, 1.82) is 5.41 Å². The molecule has 1 aliphatic rings. The van der Waals surface area contributed by atoms with Crippen molar-refractivity contribution in [1.82, 2.24) is 4.90 Å². The summed E-state index contributed by atoms with van der Waals surface area (Å²) in [6.07, 6.45) is 5.50. The number of nitrogens with zero attached hydrogens (tertiary/aromatic N) is 1. The highest BCUT2D eigenvalue weighted by atomic mass is 16.3. The predicted molar refractivity (Wildman–Crippen MR) is 75.8 cm³/mol. The van der Waals surface area contributed by atoms with Crippen molar-refractivity contribution >= 4 is 5.84 Å². The van der Waals surface area contributed by atoms with Crippen LogP contribution in [-0.4, -0.2) is 42.1 Å². The van der Waals surface area contributed by atoms with Crippen LogP contribution < -0.4 is 5.73 Å². The molecule has 0 spiro atoms. The first-order valence-electron chi connectivity index (χ1n) is 7.13. The third-order valence-corrected chi connectivity index (χ3v) is 4.16. The third-order valence-electron chi connectivity index (χ3n) is 4.16. The second-order valence-electron chi connectivity index (χ2n) is 6.22. The Morgan fingerprint density at radius 1 is 1.44 bits per heavy atom. The molecule has 4 heteroatoms. The summed E-state index contributed by atoms with van der Waals surface area (Å²) in [7, 11) is 0. The van der Waals surface area contributed by atoms with Gasteiger partial charge in [-0.25, -0.2) is 0 Å². The van der Waals surface area contributed by atoms with Crippen molar-refractivity contribution in [2.24, 2.45) is 17.1 Å². The Bertz CT molecular complexity index is 266. The number of aliphatic hydroxyl groups is 1. The Labute approximate surface area is 111 Å². The van der Waals surface area contributed by atoms with Crippen molar-refractivity contribution < 1.29 is 5.11 Å². The SMILES string of the molecule is CC(C)(CCCCN1CCC(CCO)C1)C(=N)N. The number of rotatable bonds is 8. The van der Waals surface area contributed by atoms with Gasteiger partial charge in [0, 0.05) is 18.6 Å². The van der Waals surface area contributed by atoms with E-state index in [1.54, 1.807) is 0 Å². The molecule has 1 aliphatic heterocycles. The van der Waals surface area contributed by atoms with Gasteiger partial charge in [-0.1, -0.05) is 20.3 Å². The summed E-state index contributed by atoms with van der Waals surface area (Å²) in [6.45, 7) is 7.89. The van der Waals surface area contributed by atoms with Crippen molar-refractivity contribution in [3.8, 4) is 0 Å². The van der Waals surface area contributed by atoms with Crippen molar-refractivity contribution in [3.05, 3.63) is 0 Å². The summed E-state index contributed by atoms with van der Waals surface area (Å²) in [5.41, 5.74) is 5.43. The van der Waals surface area contributed by atoms with E-state index in [2.05, 4.69) is 4.90 Å². The molecule has 0 aromatic heterocycles. The number of amidine groups is 1. The van der Waals surface area contributed by atoms with Crippen LogP contribution in [0.5, 0.6) is 0 Å². The molecule has 106 valence electrons. The fraction of sp³-hybridized carbons (Fsp3) is 0.929. The zero-order chi connectivity index (χ0) is 13.6. The summed E-state index contributed by atoms with van der Waals surface area (Å²) in [4.78, 5) is 2.50. The van der Waals surface area contributed by atoms with Crippen LogP contribution in [0.15, 0.2) is 0 Å². The van der Waals surface area contributed by atoms with E-state index in [4.69, 9.17) is 16.2 Å². The van der Waals surface area contributed by atoms with Crippen LogP contribution in [0, 0.1) is 16.7 Å². The fourth-order valence-electron chi connectivity index (χ4n) is 2.57. The fourth-order valence-corrected chi connectivity index (χ4v) is 2.57. The van der Waals surface area contributed by atoms with Gasteiger partial charge in [-0.15, -0.1) is 0 Å². The minimum atomic E-state index is -0.148. The van der Waals surface area contributed by atoms with Crippen molar-refractivity contribution in [2.75, 3.05) is 26.2 Å². The number of nitrogens with two attached hydrogens (primary N) is 1. The van der Waals surface area contributed by atoms with Gasteiger partial charge >= 0.3 is 0 Å². The molecule has 1 heterocycles. The molecule has 0 saturated carbocycles. The average Bonchev–Trinajstić information content (AvgIpc) is 2.73. The lowest BCUT2D eigenvalue weighted by molar-refractivity contribution is 0.249. The molecule has 0 amide bonds. The summed E-state index contributed by atoms with van der Waals surface area (Å²) >= 11 is 0. The zero-order valence-corrected chi connectivity index (χ0v) is 11.9. The lowest BCUT2D eigenvalue weighted by Crippen LogP contribution is -2.31. The molecule has 4 nitrogen and oxygen atoms in total. The summed E-state index contributed by atoms with van der Waals surface area (Å²) < 4.78 is 0. The first-order valence-corrected chi connectivity index (χ1v) is 7.13. The maximum Gasteiger partial charge on any atom is 0.0963 e. The van der Waals surface area contributed by atoms with Crippen LogP contribution >= 0.6 is 0 Å². The molecule has 18 heavy (non-hydrogen) atoms. The van der Waals surface area contributed by atoms with Gasteiger partial charge < -0.3 is 15.7 Å². The topological polar surface area (TPSA) is 73.3 Å². The first-order chi connectivity index (χ1) is 8.45. The van der Waals surface area contributed by atoms with E-state index in [0.717, 1.165) is 32.4 Å². The second-order valence-corrected chi connectivity index (χ2v) is 6.22. The van der Waals surface area contributed by atoms with E-state index in [0.29, 0.717) is 18.4 Å². The molecule has 0 radical (unpaired) electrons. The molecular weight excluding hydrogens is 226 g/mol. The van der Waals surface area contributed by atoms with E-state index in [1.165, 1.54) is 19.4 Å². The van der Waals surface area contributed by atoms with E-state index >= 15 is 0 Å². The van der Waals surface area contributed by atoms with Gasteiger partial charge in [-0.3, -0.25) is 5.41 Å². The quantitative estimate of drug-likeness (QED) is 0.352. The van der Waals surface area contributed by atoms with E-state index < -0.39 is 0 Å². The lowest BCUT2D eigenvalue weighted by Gasteiger charge is -2.23. The minimum Gasteiger partial charge on any atom is -0.396 e. The highest BCUT2D eigenvalue weighted by Crippen LogP contribution is 2.24. The number of hydrogen-bond donors (Lipinski definition) is 3. The highest BCUT2D eigenvalue weighted by molar-refractivity contribution is 5.82. The van der Waals surface area contributed by atoms with E-state index in [-0.39, 0.29) is 5.41 Å². The van der Waals surface area contributed by atoms with Crippen LogP contribution in [0.25, 0.3) is 0 Å². The van der Waals surface area contributed by atoms with Crippen LogP contribution in [0.4, 0.5) is 0 Å². The molecule has 1 saturated heterocycles. The second kappa shape index (κ2) is 7.10. The molecule has 0 aromatic carbocycles. The summed E-state index contributed by atoms with van der Waals surface area (Å²) in [5.74, 6) is 0.996. The molecule has 4 N–H and O–H groups in total. The predicted octanol–water partition coefficient (Wildman–Crippen LogP) is 1.82. The van der Waals surface area contributed by atoms with E-state index in [1.807, 2.05) is 13.8 Å². The molecular formula is C14H29N3O. The zero-order valence-electron chi connectivity index (χ0n) is 11.9. The number of aliphatic hydroxyl groups excluding tert-OH is 1. The molecule has 0 aliphatic carbocycles. The Morgan fingerprint density at radius 3 is 2.78 bits per heavy atom. The molecule has 0 bridgehead atoms. The number of hydrogen-bond acceptors (Lipinski definition) is 3. The molecule has 0 aromatic rings. The maximum absolute atomic E-state index is 8.92. The number of nitrogens with one attached hydrogen (secondary N) is 1. The highest BCUT2D eigenvalue weighted by Gasteiger charge is 2.23. The average molecular weight is 255 g/mol. The Balaban J connectivity index is 2.11. The number of unbranched alkanes of at least 4 members (excludes halogenated alkanes) is 1. The molecule has 1 atom stereocenters. The molecule has 1 fully saturated rings. The Hall–Kier alpha value is -0.610.